The number of anilines is 1. The summed E-state index contributed by atoms with van der Waals surface area (Å²) in [7, 11) is 0. The van der Waals surface area contributed by atoms with Crippen molar-refractivity contribution in [2.24, 2.45) is 0 Å². The van der Waals surface area contributed by atoms with Crippen molar-refractivity contribution < 1.29 is 14.0 Å². The first-order valence-corrected chi connectivity index (χ1v) is 8.71. The highest BCUT2D eigenvalue weighted by atomic mass is 32.1. The molecule has 1 aromatic heterocycles. The summed E-state index contributed by atoms with van der Waals surface area (Å²) < 4.78 is 13.1. The summed E-state index contributed by atoms with van der Waals surface area (Å²) in [5.41, 5.74) is 1.95. The van der Waals surface area contributed by atoms with Crippen LogP contribution in [0, 0.1) is 12.7 Å². The van der Waals surface area contributed by atoms with Crippen molar-refractivity contribution >= 4 is 28.3 Å². The van der Waals surface area contributed by atoms with Gasteiger partial charge in [0, 0.05) is 16.0 Å². The van der Waals surface area contributed by atoms with E-state index >= 15 is 0 Å². The standard InChI is InChI=1S/C19H16FN3O2S/c1-12-17(13-6-3-2-4-7-13)23-19(26-12)22-16(24)11-21-18(25)14-8-5-9-15(20)10-14/h2-10H,11H2,1H3,(H,21,25)(H,22,23,24). The van der Waals surface area contributed by atoms with Crippen LogP contribution in [0.4, 0.5) is 9.52 Å². The van der Waals surface area contributed by atoms with E-state index in [1.807, 2.05) is 37.3 Å². The Balaban J connectivity index is 1.59. The van der Waals surface area contributed by atoms with E-state index in [2.05, 4.69) is 15.6 Å². The average molecular weight is 369 g/mol. The van der Waals surface area contributed by atoms with Gasteiger partial charge in [0.25, 0.3) is 5.91 Å². The third kappa shape index (κ3) is 4.31. The van der Waals surface area contributed by atoms with Gasteiger partial charge in [0.05, 0.1) is 12.2 Å². The molecule has 2 aromatic carbocycles. The molecule has 0 unspecified atom stereocenters. The maximum Gasteiger partial charge on any atom is 0.251 e. The van der Waals surface area contributed by atoms with Crippen LogP contribution in [0.1, 0.15) is 15.2 Å². The van der Waals surface area contributed by atoms with Gasteiger partial charge in [0.15, 0.2) is 5.13 Å². The fourth-order valence-corrected chi connectivity index (χ4v) is 3.22. The van der Waals surface area contributed by atoms with Gasteiger partial charge in [-0.15, -0.1) is 11.3 Å². The van der Waals surface area contributed by atoms with Gasteiger partial charge in [-0.25, -0.2) is 9.37 Å². The summed E-state index contributed by atoms with van der Waals surface area (Å²) in [5.74, 6) is -1.42. The van der Waals surface area contributed by atoms with Gasteiger partial charge in [-0.3, -0.25) is 9.59 Å². The molecule has 0 aliphatic rings. The Bertz CT molecular complexity index is 941. The lowest BCUT2D eigenvalue weighted by molar-refractivity contribution is -0.115. The molecule has 7 heteroatoms. The molecule has 0 aliphatic heterocycles. The number of halogens is 1. The Labute approximate surface area is 153 Å². The van der Waals surface area contributed by atoms with Gasteiger partial charge in [-0.2, -0.15) is 0 Å². The highest BCUT2D eigenvalue weighted by molar-refractivity contribution is 7.16. The molecular formula is C19H16FN3O2S. The van der Waals surface area contributed by atoms with Crippen LogP contribution in [0.15, 0.2) is 54.6 Å². The molecule has 0 saturated carbocycles. The molecule has 132 valence electrons. The number of nitrogens with one attached hydrogen (secondary N) is 2. The number of carbonyl (C=O) groups is 2. The predicted octanol–water partition coefficient (Wildman–Crippen LogP) is 3.63. The van der Waals surface area contributed by atoms with Gasteiger partial charge < -0.3 is 10.6 Å². The lowest BCUT2D eigenvalue weighted by Crippen LogP contribution is -2.32. The number of nitrogens with zero attached hydrogens (tertiary/aromatic N) is 1. The molecule has 0 fully saturated rings. The minimum Gasteiger partial charge on any atom is -0.343 e. The molecule has 1 heterocycles. The molecule has 2 N–H and O–H groups in total. The molecule has 0 radical (unpaired) electrons. The Morgan fingerprint density at radius 1 is 1.12 bits per heavy atom. The summed E-state index contributed by atoms with van der Waals surface area (Å²) in [4.78, 5) is 29.4. The molecule has 0 atom stereocenters. The first kappa shape index (κ1) is 17.8. The molecule has 26 heavy (non-hydrogen) atoms. The number of benzene rings is 2. The fourth-order valence-electron chi connectivity index (χ4n) is 2.37. The Kier molecular flexibility index (Phi) is 5.38. The largest absolute Gasteiger partial charge is 0.343 e. The van der Waals surface area contributed by atoms with Gasteiger partial charge in [0.2, 0.25) is 5.91 Å². The van der Waals surface area contributed by atoms with Crippen molar-refractivity contribution in [3.8, 4) is 11.3 Å². The minimum atomic E-state index is -0.514. The first-order valence-electron chi connectivity index (χ1n) is 7.89. The minimum absolute atomic E-state index is 0.161. The van der Waals surface area contributed by atoms with Crippen LogP contribution in [-0.2, 0) is 4.79 Å². The Morgan fingerprint density at radius 3 is 2.62 bits per heavy atom. The second-order valence-corrected chi connectivity index (χ2v) is 6.73. The van der Waals surface area contributed by atoms with Crippen molar-refractivity contribution in [2.45, 2.75) is 6.92 Å². The van der Waals surface area contributed by atoms with Gasteiger partial charge in [0.1, 0.15) is 5.82 Å². The first-order chi connectivity index (χ1) is 12.5. The van der Waals surface area contributed by atoms with Gasteiger partial charge >= 0.3 is 0 Å². The molecule has 0 bridgehead atoms. The van der Waals surface area contributed by atoms with Crippen molar-refractivity contribution in [3.05, 3.63) is 70.9 Å². The number of aromatic nitrogens is 1. The average Bonchev–Trinajstić information content (AvgIpc) is 3.00. The molecule has 0 spiro atoms. The fraction of sp³-hybridized carbons (Fsp3) is 0.105. The van der Waals surface area contributed by atoms with E-state index in [4.69, 9.17) is 0 Å². The van der Waals surface area contributed by atoms with Crippen LogP contribution in [-0.4, -0.2) is 23.3 Å². The van der Waals surface area contributed by atoms with E-state index < -0.39 is 17.6 Å². The van der Waals surface area contributed by atoms with Crippen molar-refractivity contribution in [1.82, 2.24) is 10.3 Å². The number of rotatable bonds is 5. The number of amides is 2. The van der Waals surface area contributed by atoms with E-state index in [1.54, 1.807) is 0 Å². The van der Waals surface area contributed by atoms with Crippen molar-refractivity contribution in [1.29, 1.82) is 0 Å². The van der Waals surface area contributed by atoms with Crippen LogP contribution < -0.4 is 10.6 Å². The predicted molar refractivity (Wildman–Crippen MR) is 99.6 cm³/mol. The number of hydrogen-bond acceptors (Lipinski definition) is 4. The Hall–Kier alpha value is -3.06. The maximum atomic E-state index is 13.1. The second kappa shape index (κ2) is 7.88. The topological polar surface area (TPSA) is 71.1 Å². The lowest BCUT2D eigenvalue weighted by Gasteiger charge is -2.05. The maximum absolute atomic E-state index is 13.1. The lowest BCUT2D eigenvalue weighted by atomic mass is 10.1. The van der Waals surface area contributed by atoms with Crippen LogP contribution in [0.25, 0.3) is 11.3 Å². The molecule has 0 aliphatic carbocycles. The number of hydrogen-bond donors (Lipinski definition) is 2. The number of carbonyl (C=O) groups excluding carboxylic acids is 2. The summed E-state index contributed by atoms with van der Waals surface area (Å²) in [6, 6.07) is 15.0. The number of aryl methyl sites for hydroxylation is 1. The van der Waals surface area contributed by atoms with E-state index in [0.29, 0.717) is 5.13 Å². The van der Waals surface area contributed by atoms with E-state index in [9.17, 15) is 14.0 Å². The SMILES string of the molecule is Cc1sc(NC(=O)CNC(=O)c2cccc(F)c2)nc1-c1ccccc1. The van der Waals surface area contributed by atoms with Crippen molar-refractivity contribution in [2.75, 3.05) is 11.9 Å². The van der Waals surface area contributed by atoms with Gasteiger partial charge in [-0.05, 0) is 25.1 Å². The summed E-state index contributed by atoms with van der Waals surface area (Å²) in [6.45, 7) is 1.70. The normalized spacial score (nSPS) is 10.4. The molecular weight excluding hydrogens is 353 g/mol. The number of thiazole rings is 1. The second-order valence-electron chi connectivity index (χ2n) is 5.53. The highest BCUT2D eigenvalue weighted by Gasteiger charge is 2.13. The van der Waals surface area contributed by atoms with Crippen LogP contribution >= 0.6 is 11.3 Å². The smallest absolute Gasteiger partial charge is 0.251 e. The van der Waals surface area contributed by atoms with Gasteiger partial charge in [-0.1, -0.05) is 36.4 Å². The molecule has 2 amide bonds. The summed E-state index contributed by atoms with van der Waals surface area (Å²) >= 11 is 1.36. The third-order valence-corrected chi connectivity index (χ3v) is 4.47. The van der Waals surface area contributed by atoms with Crippen LogP contribution in [0.2, 0.25) is 0 Å². The summed E-state index contributed by atoms with van der Waals surface area (Å²) in [6.07, 6.45) is 0. The monoisotopic (exact) mass is 369 g/mol. The highest BCUT2D eigenvalue weighted by Crippen LogP contribution is 2.30. The zero-order valence-electron chi connectivity index (χ0n) is 14.0. The zero-order chi connectivity index (χ0) is 18.5. The Morgan fingerprint density at radius 2 is 1.88 bits per heavy atom. The quantitative estimate of drug-likeness (QED) is 0.721. The molecule has 5 nitrogen and oxygen atoms in total. The summed E-state index contributed by atoms with van der Waals surface area (Å²) in [5, 5.41) is 5.59. The third-order valence-electron chi connectivity index (χ3n) is 3.59. The molecule has 3 aromatic rings. The van der Waals surface area contributed by atoms with E-state index in [-0.39, 0.29) is 12.1 Å². The van der Waals surface area contributed by atoms with Crippen LogP contribution in [0.3, 0.4) is 0 Å². The van der Waals surface area contributed by atoms with Crippen molar-refractivity contribution in [3.63, 3.8) is 0 Å². The van der Waals surface area contributed by atoms with E-state index in [0.717, 1.165) is 22.2 Å². The molecule has 3 rings (SSSR count). The van der Waals surface area contributed by atoms with E-state index in [1.165, 1.54) is 29.5 Å². The zero-order valence-corrected chi connectivity index (χ0v) is 14.8. The molecule has 0 saturated heterocycles. The van der Waals surface area contributed by atoms with Crippen LogP contribution in [0.5, 0.6) is 0 Å².